The molecule has 4 N–H and O–H groups in total. The fourth-order valence-corrected chi connectivity index (χ4v) is 3.65. The molecule has 37 heavy (non-hydrogen) atoms. The Hall–Kier alpha value is -4.79. The molecule has 15 nitrogen and oxygen atoms in total. The van der Waals surface area contributed by atoms with Crippen LogP contribution in [-0.4, -0.2) is 51.6 Å². The highest BCUT2D eigenvalue weighted by Crippen LogP contribution is 2.23. The van der Waals surface area contributed by atoms with Gasteiger partial charge in [-0.05, 0) is 24.1 Å². The van der Waals surface area contributed by atoms with Crippen molar-refractivity contribution in [1.82, 2.24) is 28.7 Å². The van der Waals surface area contributed by atoms with Gasteiger partial charge in [-0.25, -0.2) is 9.59 Å². The van der Waals surface area contributed by atoms with Gasteiger partial charge in [0.15, 0.2) is 11.2 Å². The van der Waals surface area contributed by atoms with Crippen LogP contribution < -0.4 is 27.2 Å². The number of hydrogen-bond acceptors (Lipinski definition) is 10. The molecule has 3 heterocycles. The number of aliphatic hydroxyl groups is 1. The molecule has 4 rings (SSSR count). The van der Waals surface area contributed by atoms with Crippen molar-refractivity contribution in [3.05, 3.63) is 71.5 Å². The highest BCUT2D eigenvalue weighted by molar-refractivity contribution is 5.73. The van der Waals surface area contributed by atoms with Gasteiger partial charge in [-0.3, -0.25) is 33.3 Å². The Morgan fingerprint density at radius 1 is 1.11 bits per heavy atom. The Balaban J connectivity index is 1.75. The lowest BCUT2D eigenvalue weighted by atomic mass is 10.2. The molecule has 0 aliphatic rings. The number of aromatic hydroxyl groups is 1. The maximum atomic E-state index is 13.0. The van der Waals surface area contributed by atoms with Gasteiger partial charge in [0.25, 0.3) is 17.1 Å². The lowest BCUT2D eigenvalue weighted by Gasteiger charge is -2.15. The van der Waals surface area contributed by atoms with E-state index in [9.17, 15) is 29.4 Å². The van der Waals surface area contributed by atoms with E-state index in [-0.39, 0.29) is 30.3 Å². The number of ether oxygens (including phenoxy) is 1. The van der Waals surface area contributed by atoms with Crippen LogP contribution in [-0.2, 0) is 27.1 Å². The van der Waals surface area contributed by atoms with E-state index in [1.165, 1.54) is 18.7 Å². The van der Waals surface area contributed by atoms with Gasteiger partial charge >= 0.3 is 11.4 Å². The summed E-state index contributed by atoms with van der Waals surface area (Å²) in [6.07, 6.45) is -0.339. The van der Waals surface area contributed by atoms with E-state index < -0.39 is 40.2 Å². The van der Waals surface area contributed by atoms with Crippen molar-refractivity contribution in [3.8, 4) is 11.6 Å². The van der Waals surface area contributed by atoms with Crippen molar-refractivity contribution in [3.63, 3.8) is 0 Å². The number of aryl methyl sites for hydroxylation is 2. The molecule has 0 saturated heterocycles. The fourth-order valence-electron chi connectivity index (χ4n) is 3.65. The molecule has 15 heteroatoms. The van der Waals surface area contributed by atoms with E-state index in [1.807, 2.05) is 35.1 Å². The zero-order chi connectivity index (χ0) is 26.9. The third kappa shape index (κ3) is 4.97. The van der Waals surface area contributed by atoms with Gasteiger partial charge in [0.2, 0.25) is 11.6 Å². The first kappa shape index (κ1) is 25.3. The predicted molar refractivity (Wildman–Crippen MR) is 131 cm³/mol. The number of azo groups is 1. The molecular weight excluding hydrogens is 488 g/mol. The molecule has 1 aromatic carbocycles. The third-order valence-electron chi connectivity index (χ3n) is 5.61. The number of rotatable bonds is 8. The first-order chi connectivity index (χ1) is 17.6. The number of aromatic nitrogens is 6. The average Bonchev–Trinajstić information content (AvgIpc) is 3.22. The number of nitrogens with one attached hydrogen (secondary N) is 2. The molecule has 0 fully saturated rings. The van der Waals surface area contributed by atoms with Crippen LogP contribution in [0.25, 0.3) is 11.2 Å². The van der Waals surface area contributed by atoms with Gasteiger partial charge in [-0.15, -0.1) is 10.2 Å². The Kier molecular flexibility index (Phi) is 6.88. The molecule has 0 spiro atoms. The maximum Gasteiger partial charge on any atom is 0.332 e. The Morgan fingerprint density at radius 3 is 2.57 bits per heavy atom. The summed E-state index contributed by atoms with van der Waals surface area (Å²) in [5.41, 5.74) is -2.94. The van der Waals surface area contributed by atoms with Gasteiger partial charge in [-0.2, -0.15) is 4.98 Å². The number of aliphatic hydroxyl groups excluding tert-OH is 1. The van der Waals surface area contributed by atoms with Crippen molar-refractivity contribution in [2.75, 3.05) is 6.61 Å². The van der Waals surface area contributed by atoms with Crippen molar-refractivity contribution in [2.24, 2.45) is 24.3 Å². The normalized spacial score (nSPS) is 12.4. The molecule has 0 aliphatic carbocycles. The third-order valence-corrected chi connectivity index (χ3v) is 5.61. The van der Waals surface area contributed by atoms with Crippen LogP contribution in [0.3, 0.4) is 0 Å². The minimum absolute atomic E-state index is 0.0367. The lowest BCUT2D eigenvalue weighted by Crippen LogP contribution is -2.38. The summed E-state index contributed by atoms with van der Waals surface area (Å²) in [5.74, 6) is -0.517. The van der Waals surface area contributed by atoms with Crippen LogP contribution >= 0.6 is 0 Å². The van der Waals surface area contributed by atoms with Crippen molar-refractivity contribution in [2.45, 2.75) is 26.0 Å². The Morgan fingerprint density at radius 2 is 1.86 bits per heavy atom. The number of fused-ring (bicyclic) bond motifs is 1. The number of benzene rings is 1. The summed E-state index contributed by atoms with van der Waals surface area (Å²) in [5, 5.41) is 28.1. The van der Waals surface area contributed by atoms with Crippen LogP contribution in [0.2, 0.25) is 0 Å². The van der Waals surface area contributed by atoms with E-state index in [0.29, 0.717) is 5.75 Å². The minimum atomic E-state index is -1.15. The van der Waals surface area contributed by atoms with Gasteiger partial charge < -0.3 is 14.9 Å². The number of H-pyrrole nitrogens is 2. The molecule has 0 aliphatic heterocycles. The van der Waals surface area contributed by atoms with Gasteiger partial charge in [0.1, 0.15) is 18.5 Å². The lowest BCUT2D eigenvalue weighted by molar-refractivity contribution is 0.0937. The largest absolute Gasteiger partial charge is 0.493 e. The quantitative estimate of drug-likeness (QED) is 0.235. The van der Waals surface area contributed by atoms with Gasteiger partial charge in [0, 0.05) is 14.1 Å². The first-order valence-corrected chi connectivity index (χ1v) is 11.1. The van der Waals surface area contributed by atoms with Gasteiger partial charge in [0.05, 0.1) is 6.54 Å². The molecule has 0 unspecified atom stereocenters. The average molecular weight is 512 g/mol. The molecule has 194 valence electrons. The van der Waals surface area contributed by atoms with Crippen LogP contribution in [0.1, 0.15) is 12.5 Å². The molecule has 0 amide bonds. The molecule has 0 saturated carbocycles. The number of nitrogens with zero attached hydrogens (tertiary/aromatic N) is 6. The summed E-state index contributed by atoms with van der Waals surface area (Å²) in [6, 6.07) is 7.38. The maximum absolute atomic E-state index is 13.0. The van der Waals surface area contributed by atoms with E-state index in [4.69, 9.17) is 4.74 Å². The molecular formula is C22H24N8O7. The summed E-state index contributed by atoms with van der Waals surface area (Å²) < 4.78 is 8.92. The summed E-state index contributed by atoms with van der Waals surface area (Å²) >= 11 is 0. The van der Waals surface area contributed by atoms with Crippen molar-refractivity contribution in [1.29, 1.82) is 0 Å². The smallest absolute Gasteiger partial charge is 0.332 e. The number of imidazole rings is 1. The van der Waals surface area contributed by atoms with E-state index >= 15 is 0 Å². The zero-order valence-corrected chi connectivity index (χ0v) is 20.1. The van der Waals surface area contributed by atoms with Crippen molar-refractivity contribution < 1.29 is 14.9 Å². The summed E-state index contributed by atoms with van der Waals surface area (Å²) in [6.45, 7) is 1.62. The van der Waals surface area contributed by atoms with Gasteiger partial charge in [-0.1, -0.05) is 19.1 Å². The first-order valence-electron chi connectivity index (χ1n) is 11.1. The second-order valence-electron chi connectivity index (χ2n) is 8.17. The van der Waals surface area contributed by atoms with Crippen LogP contribution in [0.15, 0.2) is 53.7 Å². The fraction of sp³-hybridized carbons (Fsp3) is 0.318. The van der Waals surface area contributed by atoms with E-state index in [0.717, 1.165) is 21.1 Å². The Bertz CT molecular complexity index is 1740. The molecule has 1 atom stereocenters. The summed E-state index contributed by atoms with van der Waals surface area (Å²) in [4.78, 5) is 56.7. The Labute approximate surface area is 207 Å². The van der Waals surface area contributed by atoms with E-state index in [1.54, 1.807) is 6.07 Å². The molecule has 3 aromatic heterocycles. The number of aromatic amines is 2. The topological polar surface area (TPSA) is 202 Å². The number of hydrogen-bond donors (Lipinski definition) is 4. The molecule has 4 aromatic rings. The molecule has 0 bridgehead atoms. The zero-order valence-electron chi connectivity index (χ0n) is 20.1. The van der Waals surface area contributed by atoms with Crippen LogP contribution in [0.4, 0.5) is 11.6 Å². The van der Waals surface area contributed by atoms with Crippen LogP contribution in [0, 0.1) is 0 Å². The summed E-state index contributed by atoms with van der Waals surface area (Å²) in [7, 11) is 2.70. The van der Waals surface area contributed by atoms with Crippen molar-refractivity contribution >= 4 is 22.8 Å². The highest BCUT2D eigenvalue weighted by Gasteiger charge is 2.22. The van der Waals surface area contributed by atoms with E-state index in [2.05, 4.69) is 15.2 Å². The standard InChI is InChI=1S/C22H24N8O7/c1-4-11-6-5-7-13(8-11)37-10-12(31)9-30-15-16(28(2)22(36)29(3)19(15)34)23-20(30)27-26-14-17(32)24-21(35)25-18(14)33/h5-8,12,31H,4,9-10H2,1-3H3,(H3,24,25,32,33,35)/t12-/m0/s1. The monoisotopic (exact) mass is 512 g/mol. The predicted octanol–water partition coefficient (Wildman–Crippen LogP) is -0.0664. The van der Waals surface area contributed by atoms with Crippen LogP contribution in [0.5, 0.6) is 11.6 Å². The molecule has 0 radical (unpaired) electrons. The SMILES string of the molecule is CCc1cccc(OC[C@@H](O)Cn2c(N=Nc3c(O)[nH]c(=O)[nH]c3=O)nc3c2c(=O)n(C)c(=O)n3C)c1. The second kappa shape index (κ2) is 10.1. The second-order valence-corrected chi connectivity index (χ2v) is 8.17. The minimum Gasteiger partial charge on any atom is -0.493 e. The highest BCUT2D eigenvalue weighted by atomic mass is 16.5.